The summed E-state index contributed by atoms with van der Waals surface area (Å²) in [6.45, 7) is 1.45. The van der Waals surface area contributed by atoms with Crippen LogP contribution in [0.1, 0.15) is 18.9 Å². The number of carbonyl (C=O) groups is 1. The molecular formula is C11H11F3O3S. The summed E-state index contributed by atoms with van der Waals surface area (Å²) in [7, 11) is -4.25. The van der Waals surface area contributed by atoms with Crippen LogP contribution in [0.3, 0.4) is 0 Å². The van der Waals surface area contributed by atoms with E-state index < -0.39 is 38.0 Å². The van der Waals surface area contributed by atoms with Crippen LogP contribution in [0, 0.1) is 0 Å². The lowest BCUT2D eigenvalue weighted by molar-refractivity contribution is -0.139. The summed E-state index contributed by atoms with van der Waals surface area (Å²) >= 11 is 0. The fraction of sp³-hybridized carbons (Fsp3) is 0.364. The van der Waals surface area contributed by atoms with Crippen LogP contribution in [0.2, 0.25) is 0 Å². The maximum Gasteiger partial charge on any atom is 0.417 e. The van der Waals surface area contributed by atoms with E-state index in [2.05, 4.69) is 0 Å². The van der Waals surface area contributed by atoms with Gasteiger partial charge in [0.25, 0.3) is 0 Å². The fourth-order valence-corrected chi connectivity index (χ4v) is 2.95. The van der Waals surface area contributed by atoms with Crippen molar-refractivity contribution in [1.29, 1.82) is 0 Å². The third-order valence-corrected chi connectivity index (χ3v) is 4.00. The summed E-state index contributed by atoms with van der Waals surface area (Å²) in [6.07, 6.45) is -4.80. The van der Waals surface area contributed by atoms with E-state index >= 15 is 0 Å². The molecule has 0 spiro atoms. The number of ketones is 1. The first kappa shape index (κ1) is 14.7. The average molecular weight is 280 g/mol. The number of rotatable bonds is 4. The first-order valence-corrected chi connectivity index (χ1v) is 6.74. The molecule has 0 bridgehead atoms. The Labute approximate surface area is 103 Å². The molecule has 7 heteroatoms. The van der Waals surface area contributed by atoms with Crippen LogP contribution in [-0.2, 0) is 20.8 Å². The number of benzene rings is 1. The first-order chi connectivity index (χ1) is 8.18. The summed E-state index contributed by atoms with van der Waals surface area (Å²) in [5, 5.41) is 0. The molecule has 0 heterocycles. The molecule has 0 unspecified atom stereocenters. The van der Waals surface area contributed by atoms with Gasteiger partial charge in [-0.25, -0.2) is 8.42 Å². The van der Waals surface area contributed by atoms with Crippen molar-refractivity contribution in [2.75, 3.05) is 5.75 Å². The smallest absolute Gasteiger partial charge is 0.299 e. The van der Waals surface area contributed by atoms with Gasteiger partial charge in [-0.15, -0.1) is 0 Å². The van der Waals surface area contributed by atoms with Crippen LogP contribution in [0.5, 0.6) is 0 Å². The molecule has 0 amide bonds. The molecular weight excluding hydrogens is 269 g/mol. The quantitative estimate of drug-likeness (QED) is 0.851. The maximum atomic E-state index is 12.6. The lowest BCUT2D eigenvalue weighted by atomic mass is 10.2. The van der Waals surface area contributed by atoms with E-state index in [0.29, 0.717) is 6.07 Å². The SMILES string of the molecule is CCC(=O)CS(=O)(=O)c1ccccc1C(F)(F)F. The summed E-state index contributed by atoms with van der Waals surface area (Å²) < 4.78 is 61.4. The molecule has 18 heavy (non-hydrogen) atoms. The fourth-order valence-electron chi connectivity index (χ4n) is 1.36. The van der Waals surface area contributed by atoms with Crippen molar-refractivity contribution in [2.45, 2.75) is 24.4 Å². The molecule has 0 radical (unpaired) electrons. The Bertz CT molecular complexity index is 547. The molecule has 1 aromatic carbocycles. The molecule has 3 nitrogen and oxygen atoms in total. The van der Waals surface area contributed by atoms with E-state index in [0.717, 1.165) is 12.1 Å². The molecule has 0 aliphatic rings. The van der Waals surface area contributed by atoms with Crippen molar-refractivity contribution in [3.8, 4) is 0 Å². The highest BCUT2D eigenvalue weighted by molar-refractivity contribution is 7.92. The maximum absolute atomic E-state index is 12.6. The average Bonchev–Trinajstić information content (AvgIpc) is 2.27. The molecule has 1 aromatic rings. The number of carbonyl (C=O) groups excluding carboxylic acids is 1. The van der Waals surface area contributed by atoms with E-state index in [1.165, 1.54) is 13.0 Å². The van der Waals surface area contributed by atoms with Gasteiger partial charge in [0, 0.05) is 6.42 Å². The third-order valence-electron chi connectivity index (χ3n) is 2.27. The Kier molecular flexibility index (Phi) is 4.16. The summed E-state index contributed by atoms with van der Waals surface area (Å²) in [4.78, 5) is 10.3. The van der Waals surface area contributed by atoms with E-state index in [1.807, 2.05) is 0 Å². The van der Waals surface area contributed by atoms with E-state index in [-0.39, 0.29) is 6.42 Å². The van der Waals surface area contributed by atoms with E-state index in [4.69, 9.17) is 0 Å². The van der Waals surface area contributed by atoms with Gasteiger partial charge in [-0.3, -0.25) is 4.79 Å². The summed E-state index contributed by atoms with van der Waals surface area (Å²) in [5.41, 5.74) is -1.24. The minimum Gasteiger partial charge on any atom is -0.299 e. The molecule has 0 aliphatic heterocycles. The highest BCUT2D eigenvalue weighted by atomic mass is 32.2. The van der Waals surface area contributed by atoms with Gasteiger partial charge in [0.05, 0.1) is 10.5 Å². The number of sulfone groups is 1. The monoisotopic (exact) mass is 280 g/mol. The zero-order valence-electron chi connectivity index (χ0n) is 9.49. The van der Waals surface area contributed by atoms with Gasteiger partial charge < -0.3 is 0 Å². The number of Topliss-reactive ketones (excluding diaryl/α,β-unsaturated/α-hetero) is 1. The van der Waals surface area contributed by atoms with Gasteiger partial charge in [-0.2, -0.15) is 13.2 Å². The minimum absolute atomic E-state index is 0.0343. The number of alkyl halides is 3. The standard InChI is InChI=1S/C11H11F3O3S/c1-2-8(15)7-18(16,17)10-6-4-3-5-9(10)11(12,13)14/h3-6H,2,7H2,1H3. The van der Waals surface area contributed by atoms with Crippen LogP contribution >= 0.6 is 0 Å². The van der Waals surface area contributed by atoms with Crippen LogP contribution in [0.4, 0.5) is 13.2 Å². The second kappa shape index (κ2) is 5.09. The van der Waals surface area contributed by atoms with Crippen molar-refractivity contribution < 1.29 is 26.4 Å². The molecule has 0 aliphatic carbocycles. The predicted molar refractivity (Wildman–Crippen MR) is 58.8 cm³/mol. The normalized spacial score (nSPS) is 12.4. The lowest BCUT2D eigenvalue weighted by Crippen LogP contribution is -2.19. The van der Waals surface area contributed by atoms with Gasteiger partial charge in [-0.05, 0) is 12.1 Å². The van der Waals surface area contributed by atoms with E-state index in [1.54, 1.807) is 0 Å². The Morgan fingerprint density at radius 3 is 2.28 bits per heavy atom. The largest absolute Gasteiger partial charge is 0.417 e. The molecule has 0 fully saturated rings. The third kappa shape index (κ3) is 3.32. The van der Waals surface area contributed by atoms with Gasteiger partial charge in [0.15, 0.2) is 9.84 Å². The van der Waals surface area contributed by atoms with Gasteiger partial charge >= 0.3 is 6.18 Å². The van der Waals surface area contributed by atoms with Crippen LogP contribution < -0.4 is 0 Å². The summed E-state index contributed by atoms with van der Waals surface area (Å²) in [6, 6.07) is 3.84. The van der Waals surface area contributed by atoms with Crippen LogP contribution in [0.15, 0.2) is 29.2 Å². The molecule has 0 saturated heterocycles. The van der Waals surface area contributed by atoms with Crippen molar-refractivity contribution >= 4 is 15.6 Å². The van der Waals surface area contributed by atoms with E-state index in [9.17, 15) is 26.4 Å². The lowest BCUT2D eigenvalue weighted by Gasteiger charge is -2.12. The number of hydrogen-bond donors (Lipinski definition) is 0. The molecule has 0 aromatic heterocycles. The Hall–Kier alpha value is -1.37. The number of halogens is 3. The van der Waals surface area contributed by atoms with Gasteiger partial charge in [0.2, 0.25) is 0 Å². The van der Waals surface area contributed by atoms with Crippen LogP contribution in [0.25, 0.3) is 0 Å². The Morgan fingerprint density at radius 2 is 1.78 bits per heavy atom. The Morgan fingerprint density at radius 1 is 1.22 bits per heavy atom. The predicted octanol–water partition coefficient (Wildman–Crippen LogP) is 2.46. The minimum atomic E-state index is -4.76. The molecule has 0 atom stereocenters. The second-order valence-corrected chi connectivity index (χ2v) is 5.60. The topological polar surface area (TPSA) is 51.2 Å². The van der Waals surface area contributed by atoms with Gasteiger partial charge in [0.1, 0.15) is 11.5 Å². The zero-order valence-corrected chi connectivity index (χ0v) is 10.3. The Balaban J connectivity index is 3.30. The van der Waals surface area contributed by atoms with Crippen molar-refractivity contribution in [1.82, 2.24) is 0 Å². The van der Waals surface area contributed by atoms with Crippen molar-refractivity contribution in [3.63, 3.8) is 0 Å². The molecule has 0 saturated carbocycles. The number of hydrogen-bond acceptors (Lipinski definition) is 3. The van der Waals surface area contributed by atoms with Crippen molar-refractivity contribution in [3.05, 3.63) is 29.8 Å². The molecule has 100 valence electrons. The van der Waals surface area contributed by atoms with Crippen LogP contribution in [-0.4, -0.2) is 20.0 Å². The highest BCUT2D eigenvalue weighted by Gasteiger charge is 2.37. The second-order valence-electron chi connectivity index (χ2n) is 3.65. The zero-order chi connectivity index (χ0) is 14.0. The summed E-state index contributed by atoms with van der Waals surface area (Å²) in [5.74, 6) is -1.52. The van der Waals surface area contributed by atoms with Crippen molar-refractivity contribution in [2.24, 2.45) is 0 Å². The molecule has 1 rings (SSSR count). The van der Waals surface area contributed by atoms with Gasteiger partial charge in [-0.1, -0.05) is 19.1 Å². The highest BCUT2D eigenvalue weighted by Crippen LogP contribution is 2.34. The first-order valence-electron chi connectivity index (χ1n) is 5.09. The molecule has 0 N–H and O–H groups in total.